The van der Waals surface area contributed by atoms with Gasteiger partial charge in [-0.25, -0.2) is 0 Å². The molecule has 1 saturated heterocycles. The first-order valence-electron chi connectivity index (χ1n) is 5.34. The van der Waals surface area contributed by atoms with Crippen LogP contribution in [-0.4, -0.2) is 29.2 Å². The first-order chi connectivity index (χ1) is 7.02. The van der Waals surface area contributed by atoms with Crippen LogP contribution in [0.2, 0.25) is 0 Å². The normalized spacial score (nSPS) is 30.3. The van der Waals surface area contributed by atoms with E-state index >= 15 is 0 Å². The summed E-state index contributed by atoms with van der Waals surface area (Å²) in [7, 11) is 0. The lowest BCUT2D eigenvalue weighted by Gasteiger charge is -2.30. The number of hydrogen-bond donors (Lipinski definition) is 1. The van der Waals surface area contributed by atoms with Crippen molar-refractivity contribution >= 4 is 11.7 Å². The Bertz CT molecular complexity index is 362. The third-order valence-corrected chi connectivity index (χ3v) is 3.41. The fourth-order valence-corrected chi connectivity index (χ4v) is 2.47. The van der Waals surface area contributed by atoms with Gasteiger partial charge in [-0.15, -0.1) is 0 Å². The van der Waals surface area contributed by atoms with Crippen LogP contribution in [0.4, 0.5) is 0 Å². The van der Waals surface area contributed by atoms with Crippen molar-refractivity contribution in [2.24, 2.45) is 16.6 Å². The average Bonchev–Trinajstić information content (AvgIpc) is 2.58. The van der Waals surface area contributed by atoms with Crippen LogP contribution in [0.15, 0.2) is 16.3 Å². The first-order valence-corrected chi connectivity index (χ1v) is 5.34. The van der Waals surface area contributed by atoms with E-state index < -0.39 is 0 Å². The molecule has 2 N–H and O–H groups in total. The van der Waals surface area contributed by atoms with Crippen LogP contribution in [0.3, 0.4) is 0 Å². The SMILES string of the molecule is CC1=N[C@@H](C)C(C)=C2[C@@H](C(N)=O)CCN12. The Balaban J connectivity index is 2.43. The number of aliphatic imine (C=N–C) groups is 1. The predicted molar refractivity (Wildman–Crippen MR) is 59.3 cm³/mol. The molecule has 0 aromatic heterocycles. The standard InChI is InChI=1S/C11H17N3O/c1-6-7(2)13-8(3)14-5-4-9(10(6)14)11(12)15/h7,9H,4-5H2,1-3H3,(H2,12,15)/t7-,9-/m0/s1. The van der Waals surface area contributed by atoms with Gasteiger partial charge < -0.3 is 10.6 Å². The number of fused-ring (bicyclic) bond motifs is 1. The van der Waals surface area contributed by atoms with E-state index in [9.17, 15) is 4.79 Å². The van der Waals surface area contributed by atoms with Crippen LogP contribution in [0.1, 0.15) is 27.2 Å². The third kappa shape index (κ3) is 1.44. The molecule has 2 atom stereocenters. The smallest absolute Gasteiger partial charge is 0.226 e. The van der Waals surface area contributed by atoms with Crippen molar-refractivity contribution in [3.63, 3.8) is 0 Å². The summed E-state index contributed by atoms with van der Waals surface area (Å²) in [4.78, 5) is 18.0. The summed E-state index contributed by atoms with van der Waals surface area (Å²) >= 11 is 0. The van der Waals surface area contributed by atoms with Crippen molar-refractivity contribution < 1.29 is 4.79 Å². The van der Waals surface area contributed by atoms with Gasteiger partial charge in [-0.2, -0.15) is 0 Å². The monoisotopic (exact) mass is 207 g/mol. The van der Waals surface area contributed by atoms with Crippen molar-refractivity contribution in [3.05, 3.63) is 11.3 Å². The molecule has 0 spiro atoms. The van der Waals surface area contributed by atoms with Gasteiger partial charge in [0, 0.05) is 12.2 Å². The average molecular weight is 207 g/mol. The molecule has 0 saturated carbocycles. The van der Waals surface area contributed by atoms with Crippen molar-refractivity contribution in [2.45, 2.75) is 33.2 Å². The highest BCUT2D eigenvalue weighted by atomic mass is 16.1. The van der Waals surface area contributed by atoms with Crippen molar-refractivity contribution in [1.82, 2.24) is 4.90 Å². The van der Waals surface area contributed by atoms with E-state index in [0.717, 1.165) is 24.5 Å². The number of primary amides is 1. The topological polar surface area (TPSA) is 58.7 Å². The number of carbonyl (C=O) groups is 1. The van der Waals surface area contributed by atoms with Gasteiger partial charge in [-0.05, 0) is 32.8 Å². The van der Waals surface area contributed by atoms with Crippen LogP contribution < -0.4 is 5.73 Å². The summed E-state index contributed by atoms with van der Waals surface area (Å²) in [6.45, 7) is 6.96. The highest BCUT2D eigenvalue weighted by Gasteiger charge is 2.37. The van der Waals surface area contributed by atoms with Gasteiger partial charge in [0.15, 0.2) is 0 Å². The molecular weight excluding hydrogens is 190 g/mol. The molecule has 0 unspecified atom stereocenters. The minimum atomic E-state index is -0.214. The van der Waals surface area contributed by atoms with E-state index in [4.69, 9.17) is 5.73 Å². The zero-order chi connectivity index (χ0) is 11.2. The number of nitrogens with zero attached hydrogens (tertiary/aromatic N) is 2. The summed E-state index contributed by atoms with van der Waals surface area (Å²) in [6, 6.07) is 0.177. The van der Waals surface area contributed by atoms with E-state index in [1.54, 1.807) is 0 Å². The molecule has 1 fully saturated rings. The summed E-state index contributed by atoms with van der Waals surface area (Å²) in [5.74, 6) is 0.679. The number of carbonyl (C=O) groups excluding carboxylic acids is 1. The van der Waals surface area contributed by atoms with E-state index in [1.165, 1.54) is 5.57 Å². The Kier molecular flexibility index (Phi) is 2.29. The van der Waals surface area contributed by atoms with Crippen molar-refractivity contribution in [3.8, 4) is 0 Å². The summed E-state index contributed by atoms with van der Waals surface area (Å²) < 4.78 is 0. The summed E-state index contributed by atoms with van der Waals surface area (Å²) in [6.07, 6.45) is 0.821. The fraction of sp³-hybridized carbons (Fsp3) is 0.636. The lowest BCUT2D eigenvalue weighted by molar-refractivity contribution is -0.120. The number of hydrogen-bond acceptors (Lipinski definition) is 3. The highest BCUT2D eigenvalue weighted by Crippen LogP contribution is 2.35. The molecule has 2 aliphatic rings. The molecule has 0 radical (unpaired) electrons. The molecule has 0 aromatic carbocycles. The Labute approximate surface area is 89.8 Å². The highest BCUT2D eigenvalue weighted by molar-refractivity contribution is 5.88. The van der Waals surface area contributed by atoms with E-state index in [1.807, 2.05) is 13.8 Å². The second-order valence-corrected chi connectivity index (χ2v) is 4.32. The molecule has 0 bridgehead atoms. The molecule has 4 nitrogen and oxygen atoms in total. The van der Waals surface area contributed by atoms with Gasteiger partial charge in [0.1, 0.15) is 5.84 Å². The number of amidine groups is 1. The molecule has 82 valence electrons. The van der Waals surface area contributed by atoms with E-state index in [-0.39, 0.29) is 17.9 Å². The maximum Gasteiger partial charge on any atom is 0.226 e. The van der Waals surface area contributed by atoms with Crippen LogP contribution in [-0.2, 0) is 4.79 Å². The molecule has 2 aliphatic heterocycles. The second kappa shape index (κ2) is 3.36. The molecule has 1 amide bonds. The van der Waals surface area contributed by atoms with Gasteiger partial charge in [0.05, 0.1) is 12.0 Å². The van der Waals surface area contributed by atoms with Crippen LogP contribution in [0.5, 0.6) is 0 Å². The van der Waals surface area contributed by atoms with Gasteiger partial charge in [-0.1, -0.05) is 0 Å². The zero-order valence-corrected chi connectivity index (χ0v) is 9.45. The van der Waals surface area contributed by atoms with Crippen molar-refractivity contribution in [1.29, 1.82) is 0 Å². The lowest BCUT2D eigenvalue weighted by atomic mass is 9.97. The first kappa shape index (κ1) is 10.2. The number of rotatable bonds is 1. The van der Waals surface area contributed by atoms with Crippen LogP contribution >= 0.6 is 0 Å². The Morgan fingerprint density at radius 1 is 1.53 bits per heavy atom. The molecule has 2 heterocycles. The molecule has 15 heavy (non-hydrogen) atoms. The molecule has 0 aliphatic carbocycles. The van der Waals surface area contributed by atoms with Crippen LogP contribution in [0.25, 0.3) is 0 Å². The number of nitrogens with two attached hydrogens (primary N) is 1. The maximum atomic E-state index is 11.3. The van der Waals surface area contributed by atoms with Crippen molar-refractivity contribution in [2.75, 3.05) is 6.54 Å². The van der Waals surface area contributed by atoms with Gasteiger partial charge >= 0.3 is 0 Å². The minimum absolute atomic E-state index is 0.113. The molecule has 0 aromatic rings. The summed E-state index contributed by atoms with van der Waals surface area (Å²) in [5, 5.41) is 0. The lowest BCUT2D eigenvalue weighted by Crippen LogP contribution is -2.34. The fourth-order valence-electron chi connectivity index (χ4n) is 2.47. The maximum absolute atomic E-state index is 11.3. The second-order valence-electron chi connectivity index (χ2n) is 4.32. The minimum Gasteiger partial charge on any atom is -0.369 e. The quantitative estimate of drug-likeness (QED) is 0.694. The van der Waals surface area contributed by atoms with Gasteiger partial charge in [-0.3, -0.25) is 9.79 Å². The predicted octanol–water partition coefficient (Wildman–Crippen LogP) is 0.888. The van der Waals surface area contributed by atoms with E-state index in [2.05, 4.69) is 16.8 Å². The molecule has 2 rings (SSSR count). The van der Waals surface area contributed by atoms with Crippen LogP contribution in [0, 0.1) is 5.92 Å². The largest absolute Gasteiger partial charge is 0.369 e. The number of amides is 1. The zero-order valence-electron chi connectivity index (χ0n) is 9.45. The third-order valence-electron chi connectivity index (χ3n) is 3.41. The Morgan fingerprint density at radius 2 is 2.20 bits per heavy atom. The molecule has 4 heteroatoms. The molecular formula is C11H17N3O. The van der Waals surface area contributed by atoms with Gasteiger partial charge in [0.2, 0.25) is 5.91 Å². The van der Waals surface area contributed by atoms with E-state index in [0.29, 0.717) is 0 Å². The Morgan fingerprint density at radius 3 is 2.80 bits per heavy atom. The van der Waals surface area contributed by atoms with Gasteiger partial charge in [0.25, 0.3) is 0 Å². The summed E-state index contributed by atoms with van der Waals surface area (Å²) in [5.41, 5.74) is 7.70. The Hall–Kier alpha value is -1.32.